The molecule has 2 aromatic rings. The quantitative estimate of drug-likeness (QED) is 0.922. The highest BCUT2D eigenvalue weighted by Crippen LogP contribution is 2.34. The van der Waals surface area contributed by atoms with Gasteiger partial charge in [0.05, 0.1) is 12.0 Å². The van der Waals surface area contributed by atoms with Crippen molar-refractivity contribution in [2.75, 3.05) is 19.7 Å². The first kappa shape index (κ1) is 16.9. The number of aliphatic hydroxyl groups is 1. The van der Waals surface area contributed by atoms with E-state index < -0.39 is 5.60 Å². The summed E-state index contributed by atoms with van der Waals surface area (Å²) in [6.07, 6.45) is 1.12. The number of ether oxygens (including phenoxy) is 2. The first-order valence-corrected chi connectivity index (χ1v) is 9.08. The smallest absolute Gasteiger partial charge is 0.226 e. The number of fused-ring (bicyclic) bond motifs is 1. The highest BCUT2D eigenvalue weighted by Gasteiger charge is 2.36. The minimum absolute atomic E-state index is 0.0492. The molecule has 26 heavy (non-hydrogen) atoms. The van der Waals surface area contributed by atoms with Crippen LogP contribution in [0, 0.1) is 0 Å². The van der Waals surface area contributed by atoms with Crippen LogP contribution in [0.3, 0.4) is 0 Å². The molecule has 2 aromatic carbocycles. The summed E-state index contributed by atoms with van der Waals surface area (Å²) in [6.45, 7) is 1.48. The summed E-state index contributed by atoms with van der Waals surface area (Å²) in [4.78, 5) is 14.5. The third kappa shape index (κ3) is 3.40. The monoisotopic (exact) mass is 353 g/mol. The lowest BCUT2D eigenvalue weighted by Crippen LogP contribution is -2.46. The zero-order valence-corrected chi connectivity index (χ0v) is 14.6. The Kier molecular flexibility index (Phi) is 4.55. The van der Waals surface area contributed by atoms with Crippen molar-refractivity contribution in [3.63, 3.8) is 0 Å². The van der Waals surface area contributed by atoms with E-state index in [2.05, 4.69) is 0 Å². The molecule has 0 aliphatic carbocycles. The molecule has 2 heterocycles. The normalized spacial score (nSPS) is 21.3. The highest BCUT2D eigenvalue weighted by atomic mass is 16.6. The zero-order chi connectivity index (χ0) is 18.0. The van der Waals surface area contributed by atoms with Crippen molar-refractivity contribution in [3.8, 4) is 11.5 Å². The van der Waals surface area contributed by atoms with E-state index in [9.17, 15) is 9.90 Å². The molecule has 2 aliphatic rings. The molecule has 2 aliphatic heterocycles. The number of carbonyl (C=O) groups is 1. The van der Waals surface area contributed by atoms with Crippen LogP contribution in [0.15, 0.2) is 54.6 Å². The van der Waals surface area contributed by atoms with Crippen molar-refractivity contribution < 1.29 is 19.4 Å². The van der Waals surface area contributed by atoms with Crippen LogP contribution in [-0.4, -0.2) is 41.7 Å². The van der Waals surface area contributed by atoms with Crippen LogP contribution in [0.4, 0.5) is 0 Å². The number of likely N-dealkylation sites (tertiary alicyclic amines) is 1. The number of carbonyl (C=O) groups excluding carboxylic acids is 1. The van der Waals surface area contributed by atoms with E-state index in [0.29, 0.717) is 38.3 Å². The molecule has 1 unspecified atom stereocenters. The number of piperidine rings is 1. The van der Waals surface area contributed by atoms with Gasteiger partial charge in [0.25, 0.3) is 0 Å². The molecule has 4 rings (SSSR count). The topological polar surface area (TPSA) is 59.0 Å². The molecule has 1 atom stereocenters. The minimum Gasteiger partial charge on any atom is -0.486 e. The number of nitrogens with zero attached hydrogens (tertiary/aromatic N) is 1. The Morgan fingerprint density at radius 3 is 2.42 bits per heavy atom. The van der Waals surface area contributed by atoms with Crippen LogP contribution in [0.25, 0.3) is 0 Å². The van der Waals surface area contributed by atoms with E-state index in [1.54, 1.807) is 0 Å². The average Bonchev–Trinajstić information content (AvgIpc) is 2.69. The number of para-hydroxylation sites is 2. The number of hydrogen-bond acceptors (Lipinski definition) is 4. The second-order valence-corrected chi connectivity index (χ2v) is 6.98. The molecule has 1 N–H and O–H groups in total. The fourth-order valence-corrected chi connectivity index (χ4v) is 3.65. The second-order valence-electron chi connectivity index (χ2n) is 6.98. The predicted octanol–water partition coefficient (Wildman–Crippen LogP) is 2.73. The standard InChI is InChI=1S/C21H23NO4/c23-20(14-17-15-25-18-8-4-5-9-19(18)26-17)22-12-10-21(24,11-13-22)16-6-2-1-3-7-16/h1-9,17,24H,10-15H2. The Labute approximate surface area is 153 Å². The minimum atomic E-state index is -0.846. The SMILES string of the molecule is O=C(CC1COc2ccccc2O1)N1CCC(O)(c2ccccc2)CC1. The molecular weight excluding hydrogens is 330 g/mol. The summed E-state index contributed by atoms with van der Waals surface area (Å²) >= 11 is 0. The molecule has 5 heteroatoms. The zero-order valence-electron chi connectivity index (χ0n) is 14.6. The number of hydrogen-bond donors (Lipinski definition) is 1. The summed E-state index contributed by atoms with van der Waals surface area (Å²) in [5.74, 6) is 1.46. The van der Waals surface area contributed by atoms with Gasteiger partial charge >= 0.3 is 0 Å². The molecule has 0 bridgehead atoms. The van der Waals surface area contributed by atoms with Crippen LogP contribution in [-0.2, 0) is 10.4 Å². The summed E-state index contributed by atoms with van der Waals surface area (Å²) in [5.41, 5.74) is 0.0780. The third-order valence-corrected chi connectivity index (χ3v) is 5.22. The van der Waals surface area contributed by atoms with E-state index in [0.717, 1.165) is 11.3 Å². The van der Waals surface area contributed by atoms with Crippen molar-refractivity contribution in [1.82, 2.24) is 4.90 Å². The molecule has 136 valence electrons. The van der Waals surface area contributed by atoms with Gasteiger partial charge in [0, 0.05) is 13.1 Å². The van der Waals surface area contributed by atoms with Crippen LogP contribution in [0.5, 0.6) is 11.5 Å². The van der Waals surface area contributed by atoms with Crippen molar-refractivity contribution in [3.05, 3.63) is 60.2 Å². The molecule has 0 spiro atoms. The molecule has 0 radical (unpaired) electrons. The van der Waals surface area contributed by atoms with Crippen LogP contribution in [0.2, 0.25) is 0 Å². The first-order valence-electron chi connectivity index (χ1n) is 9.08. The van der Waals surface area contributed by atoms with E-state index >= 15 is 0 Å². The largest absolute Gasteiger partial charge is 0.486 e. The maximum absolute atomic E-state index is 12.6. The molecule has 0 aromatic heterocycles. The van der Waals surface area contributed by atoms with Gasteiger partial charge in [-0.1, -0.05) is 42.5 Å². The van der Waals surface area contributed by atoms with Crippen LogP contribution in [0.1, 0.15) is 24.8 Å². The van der Waals surface area contributed by atoms with Crippen molar-refractivity contribution in [1.29, 1.82) is 0 Å². The third-order valence-electron chi connectivity index (χ3n) is 5.22. The van der Waals surface area contributed by atoms with Gasteiger partial charge in [-0.2, -0.15) is 0 Å². The predicted molar refractivity (Wildman–Crippen MR) is 97.1 cm³/mol. The van der Waals surface area contributed by atoms with Crippen molar-refractivity contribution >= 4 is 5.91 Å². The lowest BCUT2D eigenvalue weighted by molar-refractivity contribution is -0.138. The fourth-order valence-electron chi connectivity index (χ4n) is 3.65. The second kappa shape index (κ2) is 7.00. The molecule has 1 amide bonds. The maximum Gasteiger partial charge on any atom is 0.226 e. The molecular formula is C21H23NO4. The molecule has 1 saturated heterocycles. The Hall–Kier alpha value is -2.53. The lowest BCUT2D eigenvalue weighted by atomic mass is 9.84. The van der Waals surface area contributed by atoms with Gasteiger partial charge in [-0.05, 0) is 30.5 Å². The van der Waals surface area contributed by atoms with Gasteiger partial charge in [-0.15, -0.1) is 0 Å². The van der Waals surface area contributed by atoms with Gasteiger partial charge in [-0.3, -0.25) is 4.79 Å². The molecule has 0 saturated carbocycles. The Balaban J connectivity index is 1.33. The van der Waals surface area contributed by atoms with E-state index in [4.69, 9.17) is 9.47 Å². The Bertz CT molecular complexity index is 769. The van der Waals surface area contributed by atoms with E-state index in [1.165, 1.54) is 0 Å². The number of benzene rings is 2. The average molecular weight is 353 g/mol. The lowest BCUT2D eigenvalue weighted by Gasteiger charge is -2.39. The highest BCUT2D eigenvalue weighted by molar-refractivity contribution is 5.77. The summed E-state index contributed by atoms with van der Waals surface area (Å²) < 4.78 is 11.6. The van der Waals surface area contributed by atoms with Crippen LogP contribution >= 0.6 is 0 Å². The van der Waals surface area contributed by atoms with Crippen molar-refractivity contribution in [2.45, 2.75) is 31.0 Å². The maximum atomic E-state index is 12.6. The fraction of sp³-hybridized carbons (Fsp3) is 0.381. The van der Waals surface area contributed by atoms with Gasteiger partial charge in [-0.25, -0.2) is 0 Å². The first-order chi connectivity index (χ1) is 12.6. The Morgan fingerprint density at radius 2 is 1.69 bits per heavy atom. The summed E-state index contributed by atoms with van der Waals surface area (Å²) in [6, 6.07) is 17.2. The molecule has 1 fully saturated rings. The molecule has 5 nitrogen and oxygen atoms in total. The van der Waals surface area contributed by atoms with E-state index in [-0.39, 0.29) is 18.4 Å². The summed E-state index contributed by atoms with van der Waals surface area (Å²) in [5, 5.41) is 10.9. The summed E-state index contributed by atoms with van der Waals surface area (Å²) in [7, 11) is 0. The number of rotatable bonds is 3. The number of amides is 1. The van der Waals surface area contributed by atoms with Crippen molar-refractivity contribution in [2.24, 2.45) is 0 Å². The van der Waals surface area contributed by atoms with Crippen LogP contribution < -0.4 is 9.47 Å². The van der Waals surface area contributed by atoms with E-state index in [1.807, 2.05) is 59.5 Å². The van der Waals surface area contributed by atoms with Gasteiger partial charge in [0.15, 0.2) is 11.5 Å². The van der Waals surface area contributed by atoms with Gasteiger partial charge < -0.3 is 19.5 Å². The Morgan fingerprint density at radius 1 is 1.04 bits per heavy atom. The van der Waals surface area contributed by atoms with Gasteiger partial charge in [0.2, 0.25) is 5.91 Å². The van der Waals surface area contributed by atoms with Gasteiger partial charge in [0.1, 0.15) is 12.7 Å².